The van der Waals surface area contributed by atoms with Crippen LogP contribution >= 0.6 is 27.3 Å². The summed E-state index contributed by atoms with van der Waals surface area (Å²) in [5.41, 5.74) is 0.159. The van der Waals surface area contributed by atoms with Gasteiger partial charge in [-0.2, -0.15) is 0 Å². The van der Waals surface area contributed by atoms with Gasteiger partial charge in [0.25, 0.3) is 0 Å². The summed E-state index contributed by atoms with van der Waals surface area (Å²) in [6, 6.07) is 0. The summed E-state index contributed by atoms with van der Waals surface area (Å²) in [5.74, 6) is 0. The minimum atomic E-state index is -0.614. The number of carbonyl (C=O) groups is 1. The fourth-order valence-electron chi connectivity index (χ4n) is 1.23. The number of amides is 1. The lowest BCUT2D eigenvalue weighted by Gasteiger charge is -2.18. The van der Waals surface area contributed by atoms with Crippen molar-refractivity contribution in [2.24, 2.45) is 0 Å². The van der Waals surface area contributed by atoms with Gasteiger partial charge in [0, 0.05) is 5.33 Å². The lowest BCUT2D eigenvalue weighted by molar-refractivity contribution is 0.0636. The SMILES string of the molecule is Cc1nc(NC(=O)OC(C)(C)C)sc1C(O)CBr. The number of aryl methyl sites for hydroxylation is 1. The Labute approximate surface area is 119 Å². The molecule has 0 saturated heterocycles. The van der Waals surface area contributed by atoms with Crippen LogP contribution in [0.3, 0.4) is 0 Å². The van der Waals surface area contributed by atoms with Gasteiger partial charge in [0.15, 0.2) is 5.13 Å². The van der Waals surface area contributed by atoms with Crippen molar-refractivity contribution < 1.29 is 14.6 Å². The number of ether oxygens (including phenoxy) is 1. The highest BCUT2D eigenvalue weighted by molar-refractivity contribution is 9.09. The Morgan fingerprint density at radius 3 is 2.72 bits per heavy atom. The molecule has 2 N–H and O–H groups in total. The van der Waals surface area contributed by atoms with E-state index in [0.29, 0.717) is 16.2 Å². The number of hydrogen-bond donors (Lipinski definition) is 2. The zero-order chi connectivity index (χ0) is 13.9. The Morgan fingerprint density at radius 2 is 2.22 bits per heavy atom. The smallest absolute Gasteiger partial charge is 0.413 e. The number of nitrogens with zero attached hydrogens (tertiary/aromatic N) is 1. The molecule has 0 aliphatic heterocycles. The Kier molecular flexibility index (Phi) is 5.12. The zero-order valence-corrected chi connectivity index (χ0v) is 13.2. The van der Waals surface area contributed by atoms with E-state index in [-0.39, 0.29) is 0 Å². The number of rotatable bonds is 3. The van der Waals surface area contributed by atoms with E-state index < -0.39 is 17.8 Å². The van der Waals surface area contributed by atoms with Crippen LogP contribution in [0, 0.1) is 6.92 Å². The summed E-state index contributed by atoms with van der Waals surface area (Å²) in [4.78, 5) is 16.5. The molecule has 0 aromatic carbocycles. The first-order chi connectivity index (χ1) is 8.23. The van der Waals surface area contributed by atoms with Crippen LogP contribution < -0.4 is 5.32 Å². The molecule has 0 aliphatic carbocycles. The normalized spacial score (nSPS) is 13.2. The fraction of sp³-hybridized carbons (Fsp3) is 0.636. The molecular weight excluding hydrogens is 320 g/mol. The molecule has 18 heavy (non-hydrogen) atoms. The zero-order valence-electron chi connectivity index (χ0n) is 10.8. The van der Waals surface area contributed by atoms with Gasteiger partial charge in [-0.25, -0.2) is 9.78 Å². The van der Waals surface area contributed by atoms with Gasteiger partial charge < -0.3 is 9.84 Å². The van der Waals surface area contributed by atoms with Gasteiger partial charge in [-0.3, -0.25) is 5.32 Å². The van der Waals surface area contributed by atoms with Crippen LogP contribution in [0.15, 0.2) is 0 Å². The van der Waals surface area contributed by atoms with Gasteiger partial charge in [-0.1, -0.05) is 27.3 Å². The summed E-state index contributed by atoms with van der Waals surface area (Å²) >= 11 is 4.45. The molecule has 5 nitrogen and oxygen atoms in total. The van der Waals surface area contributed by atoms with Crippen LogP contribution in [0.25, 0.3) is 0 Å². The third kappa shape index (κ3) is 4.55. The molecule has 0 saturated carbocycles. The summed E-state index contributed by atoms with van der Waals surface area (Å²) in [6.45, 7) is 7.16. The topological polar surface area (TPSA) is 71.5 Å². The first-order valence-electron chi connectivity index (χ1n) is 5.44. The van der Waals surface area contributed by atoms with Crippen molar-refractivity contribution in [2.45, 2.75) is 39.4 Å². The molecule has 1 amide bonds. The first kappa shape index (κ1) is 15.4. The van der Waals surface area contributed by atoms with Crippen LogP contribution in [0.5, 0.6) is 0 Å². The number of thiazole rings is 1. The number of carbonyl (C=O) groups excluding carboxylic acids is 1. The number of hydrogen-bond acceptors (Lipinski definition) is 5. The monoisotopic (exact) mass is 336 g/mol. The highest BCUT2D eigenvalue weighted by Gasteiger charge is 2.19. The van der Waals surface area contributed by atoms with Gasteiger partial charge in [-0.05, 0) is 27.7 Å². The predicted molar refractivity (Wildman–Crippen MR) is 75.5 cm³/mol. The van der Waals surface area contributed by atoms with E-state index in [1.807, 2.05) is 0 Å². The molecule has 1 atom stereocenters. The number of alkyl halides is 1. The number of aliphatic hydroxyl groups excluding tert-OH is 1. The quantitative estimate of drug-likeness (QED) is 0.831. The number of aromatic nitrogens is 1. The van der Waals surface area contributed by atoms with Crippen molar-refractivity contribution in [2.75, 3.05) is 10.6 Å². The Bertz CT molecular complexity index is 428. The molecule has 1 aromatic heterocycles. The number of halogens is 1. The minimum Gasteiger partial charge on any atom is -0.444 e. The van der Waals surface area contributed by atoms with Gasteiger partial charge >= 0.3 is 6.09 Å². The summed E-state index contributed by atoms with van der Waals surface area (Å²) in [5, 5.41) is 13.1. The molecule has 0 radical (unpaired) electrons. The average Bonchev–Trinajstić information content (AvgIpc) is 2.55. The molecule has 102 valence electrons. The minimum absolute atomic E-state index is 0.428. The van der Waals surface area contributed by atoms with Crippen LogP contribution in [0.4, 0.5) is 9.93 Å². The molecule has 1 rings (SSSR count). The van der Waals surface area contributed by atoms with Crippen molar-refractivity contribution in [1.29, 1.82) is 0 Å². The number of nitrogens with one attached hydrogen (secondary N) is 1. The average molecular weight is 337 g/mol. The number of aliphatic hydroxyl groups is 1. The van der Waals surface area contributed by atoms with E-state index in [1.54, 1.807) is 27.7 Å². The standard InChI is InChI=1S/C11H17BrN2O3S/c1-6-8(7(15)5-12)18-9(13-6)14-10(16)17-11(2,3)4/h7,15H,5H2,1-4H3,(H,13,14,16). The molecule has 0 fully saturated rings. The van der Waals surface area contributed by atoms with Crippen LogP contribution in [0.1, 0.15) is 37.4 Å². The molecule has 0 bridgehead atoms. The van der Waals surface area contributed by atoms with Crippen molar-refractivity contribution in [3.05, 3.63) is 10.6 Å². The summed E-state index contributed by atoms with van der Waals surface area (Å²) in [7, 11) is 0. The third-order valence-electron chi connectivity index (χ3n) is 1.89. The number of anilines is 1. The van der Waals surface area contributed by atoms with Crippen LogP contribution in [-0.2, 0) is 4.74 Å². The third-order valence-corrected chi connectivity index (χ3v) is 3.68. The molecule has 1 heterocycles. The second-order valence-electron chi connectivity index (χ2n) is 4.77. The Balaban J connectivity index is 2.72. The van der Waals surface area contributed by atoms with Crippen LogP contribution in [0.2, 0.25) is 0 Å². The van der Waals surface area contributed by atoms with Gasteiger partial charge in [0.2, 0.25) is 0 Å². The van der Waals surface area contributed by atoms with Crippen LogP contribution in [-0.4, -0.2) is 27.1 Å². The van der Waals surface area contributed by atoms with E-state index in [1.165, 1.54) is 11.3 Å². The highest BCUT2D eigenvalue weighted by atomic mass is 79.9. The molecule has 1 aromatic rings. The van der Waals surface area contributed by atoms with E-state index in [2.05, 4.69) is 26.2 Å². The molecule has 7 heteroatoms. The van der Waals surface area contributed by atoms with Gasteiger partial charge in [-0.15, -0.1) is 0 Å². The van der Waals surface area contributed by atoms with Crippen molar-refractivity contribution in [3.8, 4) is 0 Å². The maximum Gasteiger partial charge on any atom is 0.413 e. The van der Waals surface area contributed by atoms with E-state index in [4.69, 9.17) is 4.74 Å². The van der Waals surface area contributed by atoms with Crippen molar-refractivity contribution >= 4 is 38.5 Å². The molecular formula is C11H17BrN2O3S. The predicted octanol–water partition coefficient (Wildman–Crippen LogP) is 3.23. The van der Waals surface area contributed by atoms with E-state index in [9.17, 15) is 9.90 Å². The fourth-order valence-corrected chi connectivity index (χ4v) is 2.71. The van der Waals surface area contributed by atoms with E-state index >= 15 is 0 Å². The van der Waals surface area contributed by atoms with Crippen molar-refractivity contribution in [1.82, 2.24) is 4.98 Å². The first-order valence-corrected chi connectivity index (χ1v) is 7.38. The lowest BCUT2D eigenvalue weighted by Crippen LogP contribution is -2.27. The summed E-state index contributed by atoms with van der Waals surface area (Å²) < 4.78 is 5.12. The maximum absolute atomic E-state index is 11.5. The lowest BCUT2D eigenvalue weighted by atomic mass is 10.2. The van der Waals surface area contributed by atoms with Gasteiger partial charge in [0.05, 0.1) is 16.7 Å². The highest BCUT2D eigenvalue weighted by Crippen LogP contribution is 2.29. The molecule has 1 unspecified atom stereocenters. The Hall–Kier alpha value is -0.660. The second kappa shape index (κ2) is 5.99. The van der Waals surface area contributed by atoms with Gasteiger partial charge in [0.1, 0.15) is 5.60 Å². The Morgan fingerprint density at radius 1 is 1.61 bits per heavy atom. The van der Waals surface area contributed by atoms with Crippen molar-refractivity contribution in [3.63, 3.8) is 0 Å². The molecule has 0 spiro atoms. The molecule has 0 aliphatic rings. The summed E-state index contributed by atoms with van der Waals surface area (Å²) in [6.07, 6.45) is -1.16. The maximum atomic E-state index is 11.5. The largest absolute Gasteiger partial charge is 0.444 e. The van der Waals surface area contributed by atoms with E-state index in [0.717, 1.165) is 4.88 Å². The second-order valence-corrected chi connectivity index (χ2v) is 6.44.